The molecule has 0 saturated heterocycles. The van der Waals surface area contributed by atoms with Gasteiger partial charge in [-0.05, 0) is 37.5 Å². The molecule has 1 atom stereocenters. The Hall–Kier alpha value is -3.01. The lowest BCUT2D eigenvalue weighted by Crippen LogP contribution is -2.52. The maximum Gasteiger partial charge on any atom is 0.244 e. The molecule has 0 heterocycles. The van der Waals surface area contributed by atoms with E-state index in [0.29, 0.717) is 4.31 Å². The summed E-state index contributed by atoms with van der Waals surface area (Å²) in [5.41, 5.74) is 0.576. The zero-order chi connectivity index (χ0) is 24.9. The van der Waals surface area contributed by atoms with Gasteiger partial charge in [0.1, 0.15) is 12.6 Å². The van der Waals surface area contributed by atoms with Crippen LogP contribution in [0.25, 0.3) is 0 Å². The Balaban J connectivity index is 1.87. The van der Waals surface area contributed by atoms with Gasteiger partial charge in [0.05, 0.1) is 11.9 Å². The van der Waals surface area contributed by atoms with Crippen LogP contribution in [0.5, 0.6) is 0 Å². The molecule has 1 saturated carbocycles. The Morgan fingerprint density at radius 2 is 1.71 bits per heavy atom. The molecular formula is C24H29F2N3O4S. The topological polar surface area (TPSA) is 86.8 Å². The van der Waals surface area contributed by atoms with Gasteiger partial charge in [-0.1, -0.05) is 43.2 Å². The minimum Gasteiger partial charge on any atom is -0.352 e. The zero-order valence-electron chi connectivity index (χ0n) is 19.2. The van der Waals surface area contributed by atoms with E-state index in [9.17, 15) is 26.8 Å². The third kappa shape index (κ3) is 6.53. The van der Waals surface area contributed by atoms with E-state index in [1.54, 1.807) is 31.2 Å². The van der Waals surface area contributed by atoms with Crippen molar-refractivity contribution < 1.29 is 26.8 Å². The predicted octanol–water partition coefficient (Wildman–Crippen LogP) is 3.21. The van der Waals surface area contributed by atoms with Gasteiger partial charge in [0.25, 0.3) is 0 Å². The Bertz CT molecular complexity index is 1120. The second kappa shape index (κ2) is 10.9. The standard InChI is InChI=1S/C24H29F2N3O4S/c1-17(24(31)27-19-10-6-7-11-19)28(15-18-8-4-3-5-9-18)23(30)16-29(34(2,32)33)20-12-13-21(25)22(26)14-20/h3-5,8-9,12-14,17,19H,6-7,10-11,15-16H2,1-2H3,(H,27,31). The first-order valence-electron chi connectivity index (χ1n) is 11.1. The molecule has 34 heavy (non-hydrogen) atoms. The minimum atomic E-state index is -4.02. The number of nitrogens with one attached hydrogen (secondary N) is 1. The fourth-order valence-corrected chi connectivity index (χ4v) is 4.85. The van der Waals surface area contributed by atoms with Gasteiger partial charge in [-0.15, -0.1) is 0 Å². The molecule has 1 N–H and O–H groups in total. The second-order valence-corrected chi connectivity index (χ2v) is 10.4. The fourth-order valence-electron chi connectivity index (χ4n) is 4.01. The van der Waals surface area contributed by atoms with Gasteiger partial charge in [-0.2, -0.15) is 0 Å². The summed E-state index contributed by atoms with van der Waals surface area (Å²) in [7, 11) is -4.02. The van der Waals surface area contributed by atoms with Crippen molar-refractivity contribution in [2.75, 3.05) is 17.1 Å². The molecule has 2 aromatic rings. The average Bonchev–Trinajstić information content (AvgIpc) is 3.30. The average molecular weight is 494 g/mol. The highest BCUT2D eigenvalue weighted by Gasteiger charge is 2.31. The van der Waals surface area contributed by atoms with E-state index in [4.69, 9.17) is 0 Å². The van der Waals surface area contributed by atoms with Crippen LogP contribution in [0.1, 0.15) is 38.2 Å². The molecule has 7 nitrogen and oxygen atoms in total. The molecule has 2 aromatic carbocycles. The van der Waals surface area contributed by atoms with E-state index in [2.05, 4.69) is 5.32 Å². The maximum atomic E-state index is 13.8. The molecule has 10 heteroatoms. The van der Waals surface area contributed by atoms with Crippen LogP contribution in [0.15, 0.2) is 48.5 Å². The van der Waals surface area contributed by atoms with E-state index < -0.39 is 40.2 Å². The summed E-state index contributed by atoms with van der Waals surface area (Å²) in [6.45, 7) is 1.000. The number of halogens is 2. The molecule has 1 aliphatic rings. The number of hydrogen-bond acceptors (Lipinski definition) is 4. The summed E-state index contributed by atoms with van der Waals surface area (Å²) in [5, 5.41) is 2.97. The van der Waals surface area contributed by atoms with Gasteiger partial charge < -0.3 is 10.2 Å². The van der Waals surface area contributed by atoms with Gasteiger partial charge in [-0.3, -0.25) is 13.9 Å². The molecule has 1 unspecified atom stereocenters. The van der Waals surface area contributed by atoms with Crippen molar-refractivity contribution in [1.82, 2.24) is 10.2 Å². The van der Waals surface area contributed by atoms with Crippen molar-refractivity contribution in [3.8, 4) is 0 Å². The minimum absolute atomic E-state index is 0.0540. The predicted molar refractivity (Wildman–Crippen MR) is 125 cm³/mol. The largest absolute Gasteiger partial charge is 0.352 e. The smallest absolute Gasteiger partial charge is 0.244 e. The Morgan fingerprint density at radius 3 is 2.29 bits per heavy atom. The number of hydrogen-bond donors (Lipinski definition) is 1. The molecule has 0 radical (unpaired) electrons. The summed E-state index contributed by atoms with van der Waals surface area (Å²) in [6.07, 6.45) is 4.69. The van der Waals surface area contributed by atoms with Crippen molar-refractivity contribution in [1.29, 1.82) is 0 Å². The van der Waals surface area contributed by atoms with Crippen LogP contribution in [0, 0.1) is 11.6 Å². The molecule has 184 valence electrons. The first kappa shape index (κ1) is 25.6. The van der Waals surface area contributed by atoms with Crippen molar-refractivity contribution in [2.45, 2.75) is 51.2 Å². The van der Waals surface area contributed by atoms with Crippen LogP contribution in [-0.4, -0.2) is 50.0 Å². The molecule has 1 aliphatic carbocycles. The summed E-state index contributed by atoms with van der Waals surface area (Å²) in [6, 6.07) is 10.8. The van der Waals surface area contributed by atoms with Crippen molar-refractivity contribution >= 4 is 27.5 Å². The highest BCUT2D eigenvalue weighted by molar-refractivity contribution is 7.92. The van der Waals surface area contributed by atoms with Crippen LogP contribution in [0.3, 0.4) is 0 Å². The van der Waals surface area contributed by atoms with E-state index in [1.165, 1.54) is 4.90 Å². The van der Waals surface area contributed by atoms with Crippen molar-refractivity contribution in [2.24, 2.45) is 0 Å². The highest BCUT2D eigenvalue weighted by atomic mass is 32.2. The SMILES string of the molecule is CC(C(=O)NC1CCCC1)N(Cc1ccccc1)C(=O)CN(c1ccc(F)c(F)c1)S(C)(=O)=O. The van der Waals surface area contributed by atoms with Crippen LogP contribution in [0.2, 0.25) is 0 Å². The quantitative estimate of drug-likeness (QED) is 0.581. The van der Waals surface area contributed by atoms with Crippen LogP contribution >= 0.6 is 0 Å². The molecule has 0 bridgehead atoms. The first-order chi connectivity index (χ1) is 16.1. The molecule has 0 spiro atoms. The second-order valence-electron chi connectivity index (χ2n) is 8.54. The van der Waals surface area contributed by atoms with Gasteiger partial charge in [-0.25, -0.2) is 17.2 Å². The fraction of sp³-hybridized carbons (Fsp3) is 0.417. The molecule has 0 aromatic heterocycles. The lowest BCUT2D eigenvalue weighted by molar-refractivity contribution is -0.139. The summed E-state index contributed by atoms with van der Waals surface area (Å²) < 4.78 is 52.8. The van der Waals surface area contributed by atoms with E-state index in [-0.39, 0.29) is 24.2 Å². The monoisotopic (exact) mass is 493 g/mol. The summed E-state index contributed by atoms with van der Waals surface area (Å²) in [4.78, 5) is 27.6. The van der Waals surface area contributed by atoms with Gasteiger partial charge in [0.15, 0.2) is 11.6 Å². The molecular weight excluding hydrogens is 464 g/mol. The Morgan fingerprint density at radius 1 is 1.06 bits per heavy atom. The molecule has 0 aliphatic heterocycles. The third-order valence-corrected chi connectivity index (χ3v) is 7.08. The number of carbonyl (C=O) groups excluding carboxylic acids is 2. The first-order valence-corrected chi connectivity index (χ1v) is 13.0. The zero-order valence-corrected chi connectivity index (χ0v) is 20.0. The number of amides is 2. The van der Waals surface area contributed by atoms with Crippen LogP contribution in [0.4, 0.5) is 14.5 Å². The molecule has 3 rings (SSSR count). The molecule has 2 amide bonds. The van der Waals surface area contributed by atoms with Crippen molar-refractivity contribution in [3.05, 3.63) is 65.7 Å². The van der Waals surface area contributed by atoms with E-state index >= 15 is 0 Å². The van der Waals surface area contributed by atoms with E-state index in [1.807, 2.05) is 6.07 Å². The highest BCUT2D eigenvalue weighted by Crippen LogP contribution is 2.22. The normalized spacial score (nSPS) is 15.1. The maximum absolute atomic E-state index is 13.8. The number of rotatable bonds is 9. The van der Waals surface area contributed by atoms with Crippen LogP contribution in [-0.2, 0) is 26.2 Å². The number of sulfonamides is 1. The Kier molecular flexibility index (Phi) is 8.24. The number of carbonyl (C=O) groups is 2. The molecule has 1 fully saturated rings. The third-order valence-electron chi connectivity index (χ3n) is 5.93. The number of benzene rings is 2. The number of anilines is 1. The lowest BCUT2D eigenvalue weighted by atomic mass is 10.1. The van der Waals surface area contributed by atoms with Gasteiger partial charge >= 0.3 is 0 Å². The lowest BCUT2D eigenvalue weighted by Gasteiger charge is -2.32. The number of nitrogens with zero attached hydrogens (tertiary/aromatic N) is 2. The summed E-state index contributed by atoms with van der Waals surface area (Å²) >= 11 is 0. The van der Waals surface area contributed by atoms with Gasteiger partial charge in [0, 0.05) is 18.7 Å². The van der Waals surface area contributed by atoms with Crippen molar-refractivity contribution in [3.63, 3.8) is 0 Å². The van der Waals surface area contributed by atoms with E-state index in [0.717, 1.165) is 55.7 Å². The summed E-state index contributed by atoms with van der Waals surface area (Å²) in [5.74, 6) is -3.33. The van der Waals surface area contributed by atoms with Crippen LogP contribution < -0.4 is 9.62 Å². The van der Waals surface area contributed by atoms with Gasteiger partial charge in [0.2, 0.25) is 21.8 Å². The Labute approximate surface area is 198 Å².